The minimum atomic E-state index is -0.917. The van der Waals surface area contributed by atoms with Gasteiger partial charge in [0.2, 0.25) is 0 Å². The first-order valence-electron chi connectivity index (χ1n) is 6.74. The average molecular weight is 293 g/mol. The quantitative estimate of drug-likeness (QED) is 0.831. The summed E-state index contributed by atoms with van der Waals surface area (Å²) in [6.07, 6.45) is 0.837. The Labute approximate surface area is 122 Å². The molecule has 0 unspecified atom stereocenters. The van der Waals surface area contributed by atoms with Crippen molar-refractivity contribution >= 4 is 5.82 Å². The highest BCUT2D eigenvalue weighted by atomic mass is 19.2. The third-order valence-electron chi connectivity index (χ3n) is 2.82. The fraction of sp³-hybridized carbons (Fsp3) is 0.333. The van der Waals surface area contributed by atoms with Crippen molar-refractivity contribution in [1.82, 2.24) is 9.97 Å². The lowest BCUT2D eigenvalue weighted by atomic mass is 10.3. The number of anilines is 1. The maximum Gasteiger partial charge on any atom is 0.162 e. The number of hydrogen-bond acceptors (Lipinski definition) is 4. The Morgan fingerprint density at radius 1 is 1.14 bits per heavy atom. The Bertz CT molecular complexity index is 620. The highest BCUT2D eigenvalue weighted by Gasteiger charge is 2.03. The lowest BCUT2D eigenvalue weighted by Crippen LogP contribution is -2.13. The molecule has 0 fully saturated rings. The van der Waals surface area contributed by atoms with Gasteiger partial charge in [-0.1, -0.05) is 6.92 Å². The molecular formula is C15H17F2N3O. The Morgan fingerprint density at radius 3 is 2.67 bits per heavy atom. The van der Waals surface area contributed by atoms with E-state index in [0.29, 0.717) is 24.7 Å². The van der Waals surface area contributed by atoms with Crippen molar-refractivity contribution in [2.75, 3.05) is 18.5 Å². The van der Waals surface area contributed by atoms with Gasteiger partial charge >= 0.3 is 0 Å². The summed E-state index contributed by atoms with van der Waals surface area (Å²) in [5, 5.41) is 3.11. The van der Waals surface area contributed by atoms with Gasteiger partial charge in [0.25, 0.3) is 0 Å². The topological polar surface area (TPSA) is 47.0 Å². The highest BCUT2D eigenvalue weighted by Crippen LogP contribution is 2.15. The van der Waals surface area contributed by atoms with Gasteiger partial charge in [-0.2, -0.15) is 0 Å². The summed E-state index contributed by atoms with van der Waals surface area (Å²) in [6, 6.07) is 5.34. The smallest absolute Gasteiger partial charge is 0.162 e. The molecule has 2 rings (SSSR count). The first-order chi connectivity index (χ1) is 10.1. The third kappa shape index (κ3) is 4.37. The van der Waals surface area contributed by atoms with Crippen LogP contribution in [0, 0.1) is 18.6 Å². The molecule has 1 heterocycles. The Hall–Kier alpha value is -2.24. The van der Waals surface area contributed by atoms with Crippen LogP contribution in [0.15, 0.2) is 24.3 Å². The minimum absolute atomic E-state index is 0.295. The molecule has 0 aliphatic rings. The molecule has 1 aromatic heterocycles. The van der Waals surface area contributed by atoms with Gasteiger partial charge in [0.1, 0.15) is 24.0 Å². The summed E-state index contributed by atoms with van der Waals surface area (Å²) in [5.74, 6) is -0.0704. The second-order valence-electron chi connectivity index (χ2n) is 4.50. The van der Waals surface area contributed by atoms with Gasteiger partial charge in [0.05, 0.1) is 6.54 Å². The molecule has 0 saturated heterocycles. The molecule has 4 nitrogen and oxygen atoms in total. The maximum absolute atomic E-state index is 13.0. The lowest BCUT2D eigenvalue weighted by molar-refractivity contribution is 0.329. The Kier molecular flexibility index (Phi) is 5.03. The maximum atomic E-state index is 13.0. The van der Waals surface area contributed by atoms with Crippen LogP contribution in [0.4, 0.5) is 14.6 Å². The molecule has 0 bridgehead atoms. The van der Waals surface area contributed by atoms with Crippen molar-refractivity contribution in [2.24, 2.45) is 0 Å². The van der Waals surface area contributed by atoms with E-state index in [4.69, 9.17) is 4.74 Å². The van der Waals surface area contributed by atoms with Crippen molar-refractivity contribution in [3.63, 3.8) is 0 Å². The molecule has 1 N–H and O–H groups in total. The van der Waals surface area contributed by atoms with Gasteiger partial charge in [0, 0.05) is 17.8 Å². The summed E-state index contributed by atoms with van der Waals surface area (Å²) >= 11 is 0. The molecule has 0 atom stereocenters. The molecule has 0 aliphatic heterocycles. The number of halogens is 2. The van der Waals surface area contributed by atoms with E-state index in [1.165, 1.54) is 6.07 Å². The molecule has 1 aromatic carbocycles. The highest BCUT2D eigenvalue weighted by molar-refractivity contribution is 5.36. The van der Waals surface area contributed by atoms with Gasteiger partial charge < -0.3 is 10.1 Å². The van der Waals surface area contributed by atoms with E-state index in [1.54, 1.807) is 0 Å². The molecule has 0 saturated carbocycles. The van der Waals surface area contributed by atoms with E-state index in [1.807, 2.05) is 19.9 Å². The average Bonchev–Trinajstić information content (AvgIpc) is 2.46. The number of nitrogens with one attached hydrogen (secondary N) is 1. The van der Waals surface area contributed by atoms with Crippen LogP contribution in [0.1, 0.15) is 18.4 Å². The molecule has 0 aliphatic carbocycles. The van der Waals surface area contributed by atoms with Crippen LogP contribution in [0.2, 0.25) is 0 Å². The van der Waals surface area contributed by atoms with E-state index in [0.717, 1.165) is 30.1 Å². The number of rotatable bonds is 6. The molecule has 0 spiro atoms. The third-order valence-corrected chi connectivity index (χ3v) is 2.82. The number of nitrogens with zero attached hydrogens (tertiary/aromatic N) is 2. The molecule has 112 valence electrons. The van der Waals surface area contributed by atoms with Crippen molar-refractivity contribution in [3.05, 3.63) is 47.4 Å². The predicted octanol–water partition coefficient (Wildman–Crippen LogP) is 3.12. The van der Waals surface area contributed by atoms with Gasteiger partial charge in [-0.25, -0.2) is 18.7 Å². The van der Waals surface area contributed by atoms with Gasteiger partial charge in [-0.3, -0.25) is 0 Å². The summed E-state index contributed by atoms with van der Waals surface area (Å²) in [4.78, 5) is 8.55. The van der Waals surface area contributed by atoms with E-state index < -0.39 is 11.6 Å². The first-order valence-corrected chi connectivity index (χ1v) is 6.74. The van der Waals surface area contributed by atoms with Gasteiger partial charge in [-0.05, 0) is 25.5 Å². The van der Waals surface area contributed by atoms with Crippen LogP contribution in [0.5, 0.6) is 5.75 Å². The monoisotopic (exact) mass is 293 g/mol. The molecule has 0 amide bonds. The minimum Gasteiger partial charge on any atom is -0.492 e. The molecule has 2 aromatic rings. The first kappa shape index (κ1) is 15.2. The van der Waals surface area contributed by atoms with Crippen LogP contribution < -0.4 is 10.1 Å². The number of ether oxygens (including phenoxy) is 1. The molecule has 0 radical (unpaired) electrons. The predicted molar refractivity (Wildman–Crippen MR) is 76.5 cm³/mol. The fourth-order valence-electron chi connectivity index (χ4n) is 1.82. The summed E-state index contributed by atoms with van der Waals surface area (Å²) in [6.45, 7) is 4.67. The zero-order chi connectivity index (χ0) is 15.2. The van der Waals surface area contributed by atoms with Gasteiger partial charge in [0.15, 0.2) is 11.6 Å². The summed E-state index contributed by atoms with van der Waals surface area (Å²) < 4.78 is 31.1. The van der Waals surface area contributed by atoms with Crippen molar-refractivity contribution in [3.8, 4) is 5.75 Å². The van der Waals surface area contributed by atoms with Crippen LogP contribution in [-0.2, 0) is 6.42 Å². The zero-order valence-electron chi connectivity index (χ0n) is 12.0. The number of aryl methyl sites for hydroxylation is 2. The zero-order valence-corrected chi connectivity index (χ0v) is 12.0. The van der Waals surface area contributed by atoms with E-state index in [9.17, 15) is 8.78 Å². The van der Waals surface area contributed by atoms with Crippen LogP contribution in [0.3, 0.4) is 0 Å². The Morgan fingerprint density at radius 2 is 1.95 bits per heavy atom. The molecule has 6 heteroatoms. The summed E-state index contributed by atoms with van der Waals surface area (Å²) in [5.41, 5.74) is 0.964. The largest absolute Gasteiger partial charge is 0.492 e. The molecule has 21 heavy (non-hydrogen) atoms. The molecular weight excluding hydrogens is 276 g/mol. The second kappa shape index (κ2) is 6.97. The van der Waals surface area contributed by atoms with Gasteiger partial charge in [-0.15, -0.1) is 0 Å². The summed E-state index contributed by atoms with van der Waals surface area (Å²) in [7, 11) is 0. The van der Waals surface area contributed by atoms with E-state index in [2.05, 4.69) is 15.3 Å². The van der Waals surface area contributed by atoms with Crippen LogP contribution >= 0.6 is 0 Å². The van der Waals surface area contributed by atoms with Crippen molar-refractivity contribution in [1.29, 1.82) is 0 Å². The van der Waals surface area contributed by atoms with E-state index >= 15 is 0 Å². The van der Waals surface area contributed by atoms with Crippen molar-refractivity contribution in [2.45, 2.75) is 20.3 Å². The SMILES string of the molecule is CCc1cc(NCCOc2ccc(F)c(F)c2)nc(C)n1. The Balaban J connectivity index is 1.84. The van der Waals surface area contributed by atoms with Crippen LogP contribution in [-0.4, -0.2) is 23.1 Å². The van der Waals surface area contributed by atoms with Crippen molar-refractivity contribution < 1.29 is 13.5 Å². The second-order valence-corrected chi connectivity index (χ2v) is 4.50. The normalized spacial score (nSPS) is 10.5. The number of benzene rings is 1. The number of hydrogen-bond donors (Lipinski definition) is 1. The fourth-order valence-corrected chi connectivity index (χ4v) is 1.82. The number of aromatic nitrogens is 2. The van der Waals surface area contributed by atoms with Crippen LogP contribution in [0.25, 0.3) is 0 Å². The standard InChI is InChI=1S/C15H17F2N3O/c1-3-11-8-15(20-10(2)19-11)18-6-7-21-12-4-5-13(16)14(17)9-12/h4-5,8-9H,3,6-7H2,1-2H3,(H,18,19,20). The van der Waals surface area contributed by atoms with E-state index in [-0.39, 0.29) is 0 Å². The lowest BCUT2D eigenvalue weighted by Gasteiger charge is -2.09.